The predicted octanol–water partition coefficient (Wildman–Crippen LogP) is 2.94. The summed E-state index contributed by atoms with van der Waals surface area (Å²) in [5, 5.41) is 10.7. The van der Waals surface area contributed by atoms with Crippen LogP contribution in [0.25, 0.3) is 0 Å². The molecule has 0 saturated carbocycles. The van der Waals surface area contributed by atoms with Crippen LogP contribution in [0.1, 0.15) is 11.1 Å². The van der Waals surface area contributed by atoms with Crippen LogP contribution in [0.3, 0.4) is 0 Å². The number of rotatable bonds is 3. The van der Waals surface area contributed by atoms with E-state index in [0.29, 0.717) is 5.56 Å². The van der Waals surface area contributed by atoms with Crippen molar-refractivity contribution in [1.29, 1.82) is 0 Å². The summed E-state index contributed by atoms with van der Waals surface area (Å²) in [6, 6.07) is 0. The van der Waals surface area contributed by atoms with Crippen LogP contribution in [0.5, 0.6) is 5.88 Å². The Balaban J connectivity index is 3.36. The summed E-state index contributed by atoms with van der Waals surface area (Å²) in [6.45, 7) is 1.45. The van der Waals surface area contributed by atoms with E-state index >= 15 is 0 Å². The zero-order valence-corrected chi connectivity index (χ0v) is 9.17. The van der Waals surface area contributed by atoms with Crippen LogP contribution in [0.15, 0.2) is 6.20 Å². The first kappa shape index (κ1) is 13.5. The molecule has 17 heavy (non-hydrogen) atoms. The molecule has 0 aromatic carbocycles. The molecule has 0 aliphatic carbocycles. The molecule has 0 N–H and O–H groups in total. The summed E-state index contributed by atoms with van der Waals surface area (Å²) < 4.78 is 39.5. The predicted molar refractivity (Wildman–Crippen MR) is 51.9 cm³/mol. The fourth-order valence-corrected chi connectivity index (χ4v) is 1.49. The van der Waals surface area contributed by atoms with E-state index in [0.717, 1.165) is 6.20 Å². The average molecular weight is 271 g/mol. The molecule has 0 radical (unpaired) electrons. The number of ether oxygens (including phenoxy) is 1. The van der Waals surface area contributed by atoms with Crippen molar-refractivity contribution in [2.75, 3.05) is 0 Å². The van der Waals surface area contributed by atoms with E-state index in [9.17, 15) is 23.3 Å². The molecule has 0 unspecified atom stereocenters. The fourth-order valence-electron chi connectivity index (χ4n) is 1.15. The Morgan fingerprint density at radius 2 is 2.18 bits per heavy atom. The van der Waals surface area contributed by atoms with Crippen LogP contribution < -0.4 is 4.74 Å². The molecule has 0 amide bonds. The third-order valence-corrected chi connectivity index (χ3v) is 2.14. The smallest absolute Gasteiger partial charge is 0.381 e. The molecule has 0 bridgehead atoms. The second kappa shape index (κ2) is 4.74. The molecule has 0 fully saturated rings. The van der Waals surface area contributed by atoms with E-state index in [-0.39, 0.29) is 11.4 Å². The number of halogens is 4. The molecule has 0 aliphatic rings. The Labute approximate surface area is 98.3 Å². The number of aryl methyl sites for hydroxylation is 1. The molecular weight excluding hydrogens is 265 g/mol. The SMILES string of the molecule is Cc1cnc(OC(F)(F)F)c([N+](=O)[O-])c1CCl. The van der Waals surface area contributed by atoms with Gasteiger partial charge in [0.05, 0.1) is 16.4 Å². The first-order valence-corrected chi connectivity index (χ1v) is 4.74. The van der Waals surface area contributed by atoms with Crippen molar-refractivity contribution in [2.24, 2.45) is 0 Å². The second-order valence-corrected chi connectivity index (χ2v) is 3.28. The first-order chi connectivity index (χ1) is 7.76. The number of hydrogen-bond donors (Lipinski definition) is 0. The Hall–Kier alpha value is -1.57. The lowest BCUT2D eigenvalue weighted by Crippen LogP contribution is -2.19. The first-order valence-electron chi connectivity index (χ1n) is 4.21. The van der Waals surface area contributed by atoms with Crippen molar-refractivity contribution in [3.63, 3.8) is 0 Å². The van der Waals surface area contributed by atoms with Crippen LogP contribution in [-0.4, -0.2) is 16.3 Å². The normalized spacial score (nSPS) is 11.4. The average Bonchev–Trinajstić information content (AvgIpc) is 2.17. The van der Waals surface area contributed by atoms with Crippen LogP contribution in [-0.2, 0) is 5.88 Å². The molecule has 9 heteroatoms. The zero-order chi connectivity index (χ0) is 13.2. The standard InChI is InChI=1S/C8H6ClF3N2O3/c1-4-3-13-7(17-8(10,11)12)6(14(15)16)5(4)2-9/h3H,2H2,1H3. The number of aromatic nitrogens is 1. The van der Waals surface area contributed by atoms with Gasteiger partial charge in [-0.15, -0.1) is 24.8 Å². The van der Waals surface area contributed by atoms with Crippen LogP contribution in [0.4, 0.5) is 18.9 Å². The Kier molecular flexibility index (Phi) is 3.76. The lowest BCUT2D eigenvalue weighted by atomic mass is 10.1. The van der Waals surface area contributed by atoms with E-state index in [1.165, 1.54) is 6.92 Å². The highest BCUT2D eigenvalue weighted by molar-refractivity contribution is 6.17. The van der Waals surface area contributed by atoms with Crippen LogP contribution >= 0.6 is 11.6 Å². The minimum Gasteiger partial charge on any atom is -0.381 e. The van der Waals surface area contributed by atoms with Gasteiger partial charge in [0.25, 0.3) is 0 Å². The minimum absolute atomic E-state index is 0.0501. The maximum Gasteiger partial charge on any atom is 0.574 e. The summed E-state index contributed by atoms with van der Waals surface area (Å²) in [7, 11) is 0. The third-order valence-electron chi connectivity index (χ3n) is 1.87. The van der Waals surface area contributed by atoms with Crippen LogP contribution in [0.2, 0.25) is 0 Å². The second-order valence-electron chi connectivity index (χ2n) is 3.01. The Morgan fingerprint density at radius 1 is 1.59 bits per heavy atom. The van der Waals surface area contributed by atoms with Crippen molar-refractivity contribution in [1.82, 2.24) is 4.98 Å². The molecule has 0 spiro atoms. The van der Waals surface area contributed by atoms with Gasteiger partial charge in [-0.05, 0) is 12.5 Å². The van der Waals surface area contributed by atoms with Gasteiger partial charge in [-0.1, -0.05) is 0 Å². The summed E-state index contributed by atoms with van der Waals surface area (Å²) in [4.78, 5) is 12.9. The van der Waals surface area contributed by atoms with E-state index in [2.05, 4.69) is 9.72 Å². The molecule has 94 valence electrons. The largest absolute Gasteiger partial charge is 0.574 e. The van der Waals surface area contributed by atoms with Gasteiger partial charge in [0, 0.05) is 6.20 Å². The van der Waals surface area contributed by atoms with Gasteiger partial charge in [-0.3, -0.25) is 10.1 Å². The molecule has 0 saturated heterocycles. The third kappa shape index (κ3) is 3.19. The van der Waals surface area contributed by atoms with Gasteiger partial charge < -0.3 is 4.74 Å². The highest BCUT2D eigenvalue weighted by Crippen LogP contribution is 2.34. The summed E-state index contributed by atoms with van der Waals surface area (Å²) >= 11 is 5.46. The number of hydrogen-bond acceptors (Lipinski definition) is 4. The van der Waals surface area contributed by atoms with Gasteiger partial charge in [0.15, 0.2) is 0 Å². The maximum absolute atomic E-state index is 12.0. The number of alkyl halides is 4. The Morgan fingerprint density at radius 3 is 2.59 bits per heavy atom. The molecule has 5 nitrogen and oxygen atoms in total. The Bertz CT molecular complexity index is 450. The molecule has 1 rings (SSSR count). The lowest BCUT2D eigenvalue weighted by molar-refractivity contribution is -0.389. The van der Waals surface area contributed by atoms with E-state index in [1.54, 1.807) is 0 Å². The molecule has 1 aromatic heterocycles. The summed E-state index contributed by atoms with van der Waals surface area (Å²) in [6.07, 6.45) is -4.01. The topological polar surface area (TPSA) is 65.3 Å². The number of nitro groups is 1. The van der Waals surface area contributed by atoms with Crippen molar-refractivity contribution in [2.45, 2.75) is 19.2 Å². The molecule has 0 atom stereocenters. The van der Waals surface area contributed by atoms with E-state index in [4.69, 9.17) is 11.6 Å². The van der Waals surface area contributed by atoms with Crippen LogP contribution in [0, 0.1) is 17.0 Å². The molecule has 0 aliphatic heterocycles. The van der Waals surface area contributed by atoms with Crippen molar-refractivity contribution < 1.29 is 22.8 Å². The molecule has 1 aromatic rings. The van der Waals surface area contributed by atoms with Gasteiger partial charge in [-0.2, -0.15) is 0 Å². The van der Waals surface area contributed by atoms with Crippen molar-refractivity contribution in [3.8, 4) is 5.88 Å². The molecular formula is C8H6ClF3N2O3. The zero-order valence-electron chi connectivity index (χ0n) is 8.42. The molecule has 1 heterocycles. The maximum atomic E-state index is 12.0. The highest BCUT2D eigenvalue weighted by atomic mass is 35.5. The van der Waals surface area contributed by atoms with Gasteiger partial charge in [0.2, 0.25) is 0 Å². The minimum atomic E-state index is -5.05. The van der Waals surface area contributed by atoms with Crippen molar-refractivity contribution >= 4 is 17.3 Å². The highest BCUT2D eigenvalue weighted by Gasteiger charge is 2.36. The summed E-state index contributed by atoms with van der Waals surface area (Å²) in [5.41, 5.74) is -0.593. The monoisotopic (exact) mass is 270 g/mol. The summed E-state index contributed by atoms with van der Waals surface area (Å²) in [5.74, 6) is -1.41. The van der Waals surface area contributed by atoms with Gasteiger partial charge >= 0.3 is 17.9 Å². The van der Waals surface area contributed by atoms with E-state index in [1.807, 2.05) is 0 Å². The number of pyridine rings is 1. The quantitative estimate of drug-likeness (QED) is 0.481. The van der Waals surface area contributed by atoms with Gasteiger partial charge in [-0.25, -0.2) is 4.98 Å². The van der Waals surface area contributed by atoms with E-state index < -0.39 is 22.9 Å². The number of nitrogens with zero attached hydrogens (tertiary/aromatic N) is 2. The lowest BCUT2D eigenvalue weighted by Gasteiger charge is -2.10. The van der Waals surface area contributed by atoms with Gasteiger partial charge in [0.1, 0.15) is 0 Å². The van der Waals surface area contributed by atoms with Crippen molar-refractivity contribution in [3.05, 3.63) is 27.4 Å². The fraction of sp³-hybridized carbons (Fsp3) is 0.375.